The zero-order chi connectivity index (χ0) is 18.0. The molecule has 0 aliphatic carbocycles. The Bertz CT molecular complexity index is 992. The number of ether oxygens (including phenoxy) is 2. The third kappa shape index (κ3) is 2.82. The van der Waals surface area contributed by atoms with Crippen molar-refractivity contribution in [3.05, 3.63) is 62.9 Å². The lowest BCUT2D eigenvalue weighted by Gasteiger charge is -2.07. The minimum absolute atomic E-state index is 0.108. The van der Waals surface area contributed by atoms with Gasteiger partial charge in [0.15, 0.2) is 17.2 Å². The number of nitrogens with one attached hydrogen (secondary N) is 1. The van der Waals surface area contributed by atoms with E-state index in [1.807, 2.05) is 0 Å². The van der Waals surface area contributed by atoms with E-state index >= 15 is 0 Å². The highest BCUT2D eigenvalue weighted by atomic mass is 16.6. The molecule has 9 heteroatoms. The molecule has 1 heterocycles. The van der Waals surface area contributed by atoms with Gasteiger partial charge in [-0.1, -0.05) is 12.1 Å². The Labute approximate surface area is 141 Å². The Morgan fingerprint density at radius 1 is 1.12 bits per heavy atom. The fourth-order valence-corrected chi connectivity index (χ4v) is 2.44. The first-order valence-corrected chi connectivity index (χ1v) is 7.20. The zero-order valence-electron chi connectivity index (χ0n) is 13.4. The summed E-state index contributed by atoms with van der Waals surface area (Å²) < 4.78 is 11.4. The van der Waals surface area contributed by atoms with Crippen LogP contribution < -0.4 is 15.0 Å². The summed E-state index contributed by atoms with van der Waals surface area (Å²) in [5.74, 6) is 0.959. The van der Waals surface area contributed by atoms with E-state index in [9.17, 15) is 14.9 Å². The molecule has 0 radical (unpaired) electrons. The molecule has 3 rings (SSSR count). The number of nitro groups is 1. The molecule has 128 valence electrons. The van der Waals surface area contributed by atoms with Crippen molar-refractivity contribution in [1.82, 2.24) is 15.0 Å². The molecule has 0 aliphatic heterocycles. The maximum atomic E-state index is 12.7. The van der Waals surface area contributed by atoms with Crippen molar-refractivity contribution in [2.75, 3.05) is 14.2 Å². The summed E-state index contributed by atoms with van der Waals surface area (Å²) in [6.07, 6.45) is 0. The highest BCUT2D eigenvalue weighted by Crippen LogP contribution is 2.30. The molecule has 2 aromatic carbocycles. The molecule has 0 fully saturated rings. The van der Waals surface area contributed by atoms with Gasteiger partial charge in [0.25, 0.3) is 11.2 Å². The number of H-pyrrole nitrogens is 1. The number of para-hydroxylation sites is 2. The lowest BCUT2D eigenvalue weighted by Crippen LogP contribution is -2.17. The normalized spacial score (nSPS) is 10.5. The summed E-state index contributed by atoms with van der Waals surface area (Å²) in [4.78, 5) is 23.3. The number of aromatic nitrogens is 3. The van der Waals surface area contributed by atoms with Crippen molar-refractivity contribution in [2.45, 2.75) is 0 Å². The third-order valence-electron chi connectivity index (χ3n) is 3.64. The van der Waals surface area contributed by atoms with Gasteiger partial charge in [0.1, 0.15) is 5.69 Å². The number of hydrogen-bond donors (Lipinski definition) is 1. The summed E-state index contributed by atoms with van der Waals surface area (Å²) in [6.45, 7) is 0. The zero-order valence-corrected chi connectivity index (χ0v) is 13.4. The second-order valence-electron chi connectivity index (χ2n) is 5.02. The van der Waals surface area contributed by atoms with E-state index in [0.29, 0.717) is 17.1 Å². The molecule has 0 saturated heterocycles. The molecule has 1 N–H and O–H groups in total. The van der Waals surface area contributed by atoms with E-state index in [1.165, 1.54) is 32.4 Å². The highest BCUT2D eigenvalue weighted by molar-refractivity contribution is 5.64. The van der Waals surface area contributed by atoms with E-state index in [-0.39, 0.29) is 17.1 Å². The summed E-state index contributed by atoms with van der Waals surface area (Å²) >= 11 is 0. The van der Waals surface area contributed by atoms with Gasteiger partial charge in [0.05, 0.1) is 19.1 Å². The predicted octanol–water partition coefficient (Wildman–Crippen LogP) is 2.15. The first-order valence-electron chi connectivity index (χ1n) is 7.20. The Hall–Kier alpha value is -3.62. The summed E-state index contributed by atoms with van der Waals surface area (Å²) in [7, 11) is 2.99. The monoisotopic (exact) mass is 342 g/mol. The fourth-order valence-electron chi connectivity index (χ4n) is 2.44. The largest absolute Gasteiger partial charge is 0.493 e. The summed E-state index contributed by atoms with van der Waals surface area (Å²) in [6, 6.07) is 10.8. The van der Waals surface area contributed by atoms with Gasteiger partial charge in [-0.25, -0.2) is 5.21 Å². The highest BCUT2D eigenvalue weighted by Gasteiger charge is 2.20. The van der Waals surface area contributed by atoms with Gasteiger partial charge in [-0.15, -0.1) is 0 Å². The molecule has 0 saturated carbocycles. The Morgan fingerprint density at radius 3 is 2.52 bits per heavy atom. The van der Waals surface area contributed by atoms with Crippen LogP contribution >= 0.6 is 0 Å². The van der Waals surface area contributed by atoms with Gasteiger partial charge >= 0.3 is 0 Å². The van der Waals surface area contributed by atoms with E-state index in [2.05, 4.69) is 10.3 Å². The molecular weight excluding hydrogens is 328 g/mol. The summed E-state index contributed by atoms with van der Waals surface area (Å²) in [5, 5.41) is 17.7. The van der Waals surface area contributed by atoms with Crippen LogP contribution in [0.3, 0.4) is 0 Å². The Morgan fingerprint density at radius 2 is 1.84 bits per heavy atom. The lowest BCUT2D eigenvalue weighted by molar-refractivity contribution is -0.384. The van der Waals surface area contributed by atoms with Crippen LogP contribution in [-0.2, 0) is 0 Å². The average Bonchev–Trinajstić information content (AvgIpc) is 3.02. The number of nitrogens with zero attached hydrogens (tertiary/aromatic N) is 3. The smallest absolute Gasteiger partial charge is 0.299 e. The topological polar surface area (TPSA) is 112 Å². The Balaban J connectivity index is 2.12. The van der Waals surface area contributed by atoms with Crippen molar-refractivity contribution in [2.24, 2.45) is 0 Å². The van der Waals surface area contributed by atoms with Gasteiger partial charge in [0.2, 0.25) is 0 Å². The number of aromatic amines is 1. The van der Waals surface area contributed by atoms with Crippen LogP contribution in [0.4, 0.5) is 5.69 Å². The van der Waals surface area contributed by atoms with E-state index in [0.717, 1.165) is 4.68 Å². The van der Waals surface area contributed by atoms with Crippen LogP contribution in [-0.4, -0.2) is 34.1 Å². The van der Waals surface area contributed by atoms with Gasteiger partial charge in [-0.2, -0.15) is 9.78 Å². The maximum Gasteiger partial charge on any atom is 0.299 e. The van der Waals surface area contributed by atoms with E-state index < -0.39 is 10.5 Å². The quantitative estimate of drug-likeness (QED) is 0.561. The van der Waals surface area contributed by atoms with Crippen LogP contribution in [0.2, 0.25) is 0 Å². The predicted molar refractivity (Wildman–Crippen MR) is 89.4 cm³/mol. The average molecular weight is 342 g/mol. The molecule has 25 heavy (non-hydrogen) atoms. The third-order valence-corrected chi connectivity index (χ3v) is 3.64. The Kier molecular flexibility index (Phi) is 4.21. The molecule has 0 unspecified atom stereocenters. The number of rotatable bonds is 5. The lowest BCUT2D eigenvalue weighted by atomic mass is 10.1. The molecule has 0 amide bonds. The SMILES string of the molecule is COc1ccc(-c2n[nH]n(-c3ccccc3[N+](=O)[O-])c2=O)cc1OC. The number of nitro benzene ring substituents is 1. The molecule has 9 nitrogen and oxygen atoms in total. The van der Waals surface area contributed by atoms with Crippen LogP contribution in [0.5, 0.6) is 11.5 Å². The molecule has 0 bridgehead atoms. The minimum Gasteiger partial charge on any atom is -0.493 e. The number of methoxy groups -OCH3 is 2. The molecule has 3 aromatic rings. The fraction of sp³-hybridized carbons (Fsp3) is 0.125. The molecule has 0 aliphatic rings. The van der Waals surface area contributed by atoms with Gasteiger partial charge < -0.3 is 9.47 Å². The van der Waals surface area contributed by atoms with Crippen molar-refractivity contribution < 1.29 is 14.4 Å². The van der Waals surface area contributed by atoms with Crippen molar-refractivity contribution in [3.63, 3.8) is 0 Å². The first-order chi connectivity index (χ1) is 12.1. The maximum absolute atomic E-state index is 12.7. The van der Waals surface area contributed by atoms with Crippen LogP contribution in [0.15, 0.2) is 47.3 Å². The summed E-state index contributed by atoms with van der Waals surface area (Å²) in [5.41, 5.74) is 0.000645. The van der Waals surface area contributed by atoms with Crippen LogP contribution in [0, 0.1) is 10.1 Å². The van der Waals surface area contributed by atoms with Gasteiger partial charge in [-0.3, -0.25) is 14.9 Å². The standard InChI is InChI=1S/C16H14N4O5/c1-24-13-8-7-10(9-14(13)25-2)15-16(21)19(18-17-15)11-5-3-4-6-12(11)20(22)23/h3-9,18H,1-2H3. The van der Waals surface area contributed by atoms with Gasteiger partial charge in [0, 0.05) is 11.6 Å². The number of hydrogen-bond acceptors (Lipinski definition) is 6. The molecule has 0 spiro atoms. The van der Waals surface area contributed by atoms with Crippen LogP contribution in [0.1, 0.15) is 0 Å². The second-order valence-corrected chi connectivity index (χ2v) is 5.02. The first kappa shape index (κ1) is 16.2. The van der Waals surface area contributed by atoms with Crippen molar-refractivity contribution >= 4 is 5.69 Å². The van der Waals surface area contributed by atoms with Crippen LogP contribution in [0.25, 0.3) is 16.9 Å². The molecule has 0 atom stereocenters. The molecule has 1 aromatic heterocycles. The minimum atomic E-state index is -0.557. The van der Waals surface area contributed by atoms with Crippen molar-refractivity contribution in [1.29, 1.82) is 0 Å². The van der Waals surface area contributed by atoms with E-state index in [1.54, 1.807) is 24.3 Å². The number of benzene rings is 2. The molecular formula is C16H14N4O5. The van der Waals surface area contributed by atoms with E-state index in [4.69, 9.17) is 9.47 Å². The van der Waals surface area contributed by atoms with Crippen molar-refractivity contribution in [3.8, 4) is 28.4 Å². The van der Waals surface area contributed by atoms with Gasteiger partial charge in [-0.05, 0) is 24.3 Å². The second kappa shape index (κ2) is 6.48.